The van der Waals surface area contributed by atoms with Gasteiger partial charge in [0.05, 0.1) is 11.8 Å². The number of amides is 1. The first-order chi connectivity index (χ1) is 16.5. The van der Waals surface area contributed by atoms with Crippen LogP contribution in [0.25, 0.3) is 10.8 Å². The molecule has 0 aromatic heterocycles. The Morgan fingerprint density at radius 1 is 0.941 bits per heavy atom. The van der Waals surface area contributed by atoms with E-state index in [0.29, 0.717) is 22.6 Å². The molecule has 0 aliphatic carbocycles. The van der Waals surface area contributed by atoms with Gasteiger partial charge in [0, 0.05) is 15.4 Å². The Morgan fingerprint density at radius 3 is 2.56 bits per heavy atom. The maximum atomic E-state index is 12.6. The van der Waals surface area contributed by atoms with Crippen molar-refractivity contribution in [2.24, 2.45) is 5.10 Å². The summed E-state index contributed by atoms with van der Waals surface area (Å²) in [5, 5.41) is 5.95. The first kappa shape index (κ1) is 23.2. The van der Waals surface area contributed by atoms with Gasteiger partial charge in [-0.15, -0.1) is 0 Å². The van der Waals surface area contributed by atoms with Gasteiger partial charge in [0.2, 0.25) is 0 Å². The molecule has 0 radical (unpaired) electrons. The topological polar surface area (TPSA) is 77.0 Å². The molecule has 7 heteroatoms. The summed E-state index contributed by atoms with van der Waals surface area (Å²) in [4.78, 5) is 24.9. The lowest BCUT2D eigenvalue weighted by Crippen LogP contribution is -2.24. The average molecular weight is 517 g/mol. The number of esters is 1. The number of benzene rings is 4. The maximum absolute atomic E-state index is 12.6. The molecule has 0 aliphatic heterocycles. The van der Waals surface area contributed by atoms with Crippen molar-refractivity contribution in [1.29, 1.82) is 0 Å². The molecule has 0 heterocycles. The fraction of sp³-hybridized carbons (Fsp3) is 0.0741. The van der Waals surface area contributed by atoms with E-state index in [9.17, 15) is 9.59 Å². The summed E-state index contributed by atoms with van der Waals surface area (Å²) in [6.07, 6.45) is 1.42. The minimum absolute atomic E-state index is 0.195. The van der Waals surface area contributed by atoms with Crippen LogP contribution < -0.4 is 14.9 Å². The molecule has 6 nitrogen and oxygen atoms in total. The molecule has 0 bridgehead atoms. The van der Waals surface area contributed by atoms with E-state index in [4.69, 9.17) is 9.47 Å². The van der Waals surface area contributed by atoms with E-state index in [1.807, 2.05) is 61.5 Å². The van der Waals surface area contributed by atoms with Crippen LogP contribution in [0.5, 0.6) is 11.5 Å². The van der Waals surface area contributed by atoms with Gasteiger partial charge >= 0.3 is 5.97 Å². The zero-order chi connectivity index (χ0) is 23.9. The van der Waals surface area contributed by atoms with Crippen LogP contribution in [0, 0.1) is 6.92 Å². The van der Waals surface area contributed by atoms with Gasteiger partial charge in [0.25, 0.3) is 5.91 Å². The summed E-state index contributed by atoms with van der Waals surface area (Å²) < 4.78 is 12.0. The van der Waals surface area contributed by atoms with Crippen LogP contribution in [0.3, 0.4) is 0 Å². The van der Waals surface area contributed by atoms with Gasteiger partial charge in [0.1, 0.15) is 11.5 Å². The van der Waals surface area contributed by atoms with Crippen LogP contribution in [0.2, 0.25) is 0 Å². The molecule has 170 valence electrons. The standard InChI is InChI=1S/C27H21BrN2O4/c1-18-7-2-4-10-22(18)27(32)34-24-14-13-21(28)15-20(24)16-29-30-26(31)17-33-25-12-6-9-19-8-3-5-11-23(19)25/h2-16H,17H2,1H3,(H,30,31). The fourth-order valence-corrected chi connectivity index (χ4v) is 3.72. The van der Waals surface area contributed by atoms with Gasteiger partial charge in [-0.1, -0.05) is 70.5 Å². The molecule has 0 aliphatic rings. The lowest BCUT2D eigenvalue weighted by atomic mass is 10.1. The molecule has 1 N–H and O–H groups in total. The van der Waals surface area contributed by atoms with E-state index in [1.165, 1.54) is 6.21 Å². The van der Waals surface area contributed by atoms with Crippen molar-refractivity contribution in [3.63, 3.8) is 0 Å². The molecule has 4 aromatic rings. The highest BCUT2D eigenvalue weighted by molar-refractivity contribution is 9.10. The summed E-state index contributed by atoms with van der Waals surface area (Å²) in [5.41, 5.74) is 4.26. The van der Waals surface area contributed by atoms with Gasteiger partial charge in [-0.05, 0) is 48.2 Å². The second-order valence-electron chi connectivity index (χ2n) is 7.45. The van der Waals surface area contributed by atoms with Crippen LogP contribution in [0.15, 0.2) is 94.5 Å². The summed E-state index contributed by atoms with van der Waals surface area (Å²) in [5.74, 6) is 0.0521. The number of hydrogen-bond acceptors (Lipinski definition) is 5. The Balaban J connectivity index is 1.40. The number of nitrogens with one attached hydrogen (secondary N) is 1. The van der Waals surface area contributed by atoms with E-state index >= 15 is 0 Å². The van der Waals surface area contributed by atoms with E-state index in [1.54, 1.807) is 30.3 Å². The number of carbonyl (C=O) groups is 2. The first-order valence-electron chi connectivity index (χ1n) is 10.5. The lowest BCUT2D eigenvalue weighted by molar-refractivity contribution is -0.123. The largest absolute Gasteiger partial charge is 0.483 e. The highest BCUT2D eigenvalue weighted by Crippen LogP contribution is 2.25. The summed E-state index contributed by atoms with van der Waals surface area (Å²) in [6.45, 7) is 1.65. The molecule has 0 saturated heterocycles. The molecule has 0 saturated carbocycles. The zero-order valence-corrected chi connectivity index (χ0v) is 19.9. The molecule has 1 amide bonds. The Labute approximate surface area is 205 Å². The molecule has 34 heavy (non-hydrogen) atoms. The van der Waals surface area contributed by atoms with Crippen LogP contribution in [-0.2, 0) is 4.79 Å². The smallest absolute Gasteiger partial charge is 0.343 e. The molecule has 0 atom stereocenters. The summed E-state index contributed by atoms with van der Waals surface area (Å²) in [7, 11) is 0. The normalized spacial score (nSPS) is 10.9. The van der Waals surface area contributed by atoms with E-state index in [2.05, 4.69) is 26.5 Å². The molecular weight excluding hydrogens is 496 g/mol. The number of ether oxygens (including phenoxy) is 2. The van der Waals surface area contributed by atoms with Crippen LogP contribution in [-0.4, -0.2) is 24.7 Å². The van der Waals surface area contributed by atoms with E-state index in [0.717, 1.165) is 20.8 Å². The fourth-order valence-electron chi connectivity index (χ4n) is 3.34. The van der Waals surface area contributed by atoms with Gasteiger partial charge in [0.15, 0.2) is 6.61 Å². The predicted molar refractivity (Wildman–Crippen MR) is 135 cm³/mol. The lowest BCUT2D eigenvalue weighted by Gasteiger charge is -2.10. The third-order valence-corrected chi connectivity index (χ3v) is 5.53. The third-order valence-electron chi connectivity index (χ3n) is 5.04. The summed E-state index contributed by atoms with van der Waals surface area (Å²) in [6, 6.07) is 25.8. The Kier molecular flexibility index (Phi) is 7.34. The number of halogens is 1. The Bertz CT molecular complexity index is 1380. The van der Waals surface area contributed by atoms with Crippen LogP contribution in [0.4, 0.5) is 0 Å². The number of hydrogen-bond donors (Lipinski definition) is 1. The quantitative estimate of drug-likeness (QED) is 0.149. The molecule has 4 aromatic carbocycles. The highest BCUT2D eigenvalue weighted by Gasteiger charge is 2.13. The molecular formula is C27H21BrN2O4. The van der Waals surface area contributed by atoms with Gasteiger partial charge in [-0.3, -0.25) is 4.79 Å². The van der Waals surface area contributed by atoms with Crippen molar-refractivity contribution >= 4 is 44.8 Å². The zero-order valence-electron chi connectivity index (χ0n) is 18.3. The monoisotopic (exact) mass is 516 g/mol. The average Bonchev–Trinajstić information content (AvgIpc) is 2.84. The second-order valence-corrected chi connectivity index (χ2v) is 8.36. The number of nitrogens with zero attached hydrogens (tertiary/aromatic N) is 1. The van der Waals surface area contributed by atoms with Gasteiger partial charge in [-0.2, -0.15) is 5.10 Å². The maximum Gasteiger partial charge on any atom is 0.343 e. The van der Waals surface area contributed by atoms with Crippen molar-refractivity contribution in [3.05, 3.63) is 106 Å². The SMILES string of the molecule is Cc1ccccc1C(=O)Oc1ccc(Br)cc1C=NNC(=O)COc1cccc2ccccc12. The minimum atomic E-state index is -0.470. The van der Waals surface area contributed by atoms with E-state index < -0.39 is 11.9 Å². The Hall–Kier alpha value is -3.97. The van der Waals surface area contributed by atoms with Crippen molar-refractivity contribution in [3.8, 4) is 11.5 Å². The number of hydrazone groups is 1. The number of rotatable bonds is 7. The van der Waals surface area contributed by atoms with Crippen molar-refractivity contribution < 1.29 is 19.1 Å². The third kappa shape index (κ3) is 5.68. The summed E-state index contributed by atoms with van der Waals surface area (Å²) >= 11 is 3.40. The molecule has 4 rings (SSSR count). The van der Waals surface area contributed by atoms with Crippen LogP contribution >= 0.6 is 15.9 Å². The van der Waals surface area contributed by atoms with Crippen LogP contribution in [0.1, 0.15) is 21.5 Å². The van der Waals surface area contributed by atoms with Crippen molar-refractivity contribution in [2.75, 3.05) is 6.61 Å². The first-order valence-corrected chi connectivity index (χ1v) is 11.3. The highest BCUT2D eigenvalue weighted by atomic mass is 79.9. The van der Waals surface area contributed by atoms with Gasteiger partial charge in [-0.25, -0.2) is 10.2 Å². The van der Waals surface area contributed by atoms with E-state index in [-0.39, 0.29) is 6.61 Å². The molecule has 0 fully saturated rings. The predicted octanol–water partition coefficient (Wildman–Crippen LogP) is 5.66. The number of carbonyl (C=O) groups excluding carboxylic acids is 2. The molecule has 0 spiro atoms. The number of fused-ring (bicyclic) bond motifs is 1. The Morgan fingerprint density at radius 2 is 1.71 bits per heavy atom. The van der Waals surface area contributed by atoms with Crippen molar-refractivity contribution in [2.45, 2.75) is 6.92 Å². The second kappa shape index (κ2) is 10.8. The molecule has 0 unspecified atom stereocenters. The van der Waals surface area contributed by atoms with Gasteiger partial charge < -0.3 is 9.47 Å². The minimum Gasteiger partial charge on any atom is -0.483 e. The number of aryl methyl sites for hydroxylation is 1. The van der Waals surface area contributed by atoms with Crippen molar-refractivity contribution in [1.82, 2.24) is 5.43 Å².